The van der Waals surface area contributed by atoms with E-state index in [-0.39, 0.29) is 10.6 Å². The van der Waals surface area contributed by atoms with Crippen molar-refractivity contribution in [3.8, 4) is 0 Å². The van der Waals surface area contributed by atoms with Crippen LogP contribution >= 0.6 is 0 Å². The summed E-state index contributed by atoms with van der Waals surface area (Å²) in [4.78, 5) is -0.0801. The SMILES string of the molecule is Nc1ccc(S(=O)(=O)NCC2CCC2)cc1F. The third-order valence-electron chi connectivity index (χ3n) is 3.07. The summed E-state index contributed by atoms with van der Waals surface area (Å²) >= 11 is 0. The molecule has 1 aromatic carbocycles. The van der Waals surface area contributed by atoms with Crippen LogP contribution in [0.2, 0.25) is 0 Å². The van der Waals surface area contributed by atoms with Gasteiger partial charge < -0.3 is 5.73 Å². The first-order valence-corrected chi connectivity index (χ1v) is 7.02. The number of rotatable bonds is 4. The maximum Gasteiger partial charge on any atom is 0.240 e. The molecule has 3 N–H and O–H groups in total. The van der Waals surface area contributed by atoms with Crippen LogP contribution in [0.3, 0.4) is 0 Å². The van der Waals surface area contributed by atoms with Crippen molar-refractivity contribution in [3.63, 3.8) is 0 Å². The van der Waals surface area contributed by atoms with Crippen LogP contribution in [-0.2, 0) is 10.0 Å². The van der Waals surface area contributed by atoms with Gasteiger partial charge in [-0.1, -0.05) is 6.42 Å². The van der Waals surface area contributed by atoms with Crippen LogP contribution in [0.25, 0.3) is 0 Å². The molecule has 0 saturated heterocycles. The van der Waals surface area contributed by atoms with Gasteiger partial charge in [0.1, 0.15) is 5.82 Å². The number of halogens is 1. The van der Waals surface area contributed by atoms with E-state index in [9.17, 15) is 12.8 Å². The monoisotopic (exact) mass is 258 g/mol. The van der Waals surface area contributed by atoms with Crippen LogP contribution in [0, 0.1) is 11.7 Å². The van der Waals surface area contributed by atoms with Gasteiger partial charge in [0.15, 0.2) is 0 Å². The number of anilines is 1. The standard InChI is InChI=1S/C11H15FN2O2S/c12-10-6-9(4-5-11(10)13)17(15,16)14-7-8-2-1-3-8/h4-6,8,14H,1-3,7,13H2. The van der Waals surface area contributed by atoms with E-state index in [0.717, 1.165) is 25.3 Å². The van der Waals surface area contributed by atoms with Gasteiger partial charge >= 0.3 is 0 Å². The summed E-state index contributed by atoms with van der Waals surface area (Å²) in [6.45, 7) is 0.425. The van der Waals surface area contributed by atoms with E-state index in [1.54, 1.807) is 0 Å². The predicted octanol–water partition coefficient (Wildman–Crippen LogP) is 1.49. The molecule has 0 aromatic heterocycles. The minimum atomic E-state index is -3.62. The molecule has 4 nitrogen and oxygen atoms in total. The fourth-order valence-corrected chi connectivity index (χ4v) is 2.81. The number of nitrogens with one attached hydrogen (secondary N) is 1. The quantitative estimate of drug-likeness (QED) is 0.804. The summed E-state index contributed by atoms with van der Waals surface area (Å²) in [5.41, 5.74) is 5.24. The van der Waals surface area contributed by atoms with Crippen LogP contribution in [-0.4, -0.2) is 15.0 Å². The number of nitrogen functional groups attached to an aromatic ring is 1. The van der Waals surface area contributed by atoms with Gasteiger partial charge in [0.2, 0.25) is 10.0 Å². The van der Waals surface area contributed by atoms with Crippen LogP contribution in [0.15, 0.2) is 23.1 Å². The summed E-state index contributed by atoms with van der Waals surface area (Å²) in [6.07, 6.45) is 3.26. The molecule has 1 saturated carbocycles. The lowest BCUT2D eigenvalue weighted by molar-refractivity contribution is 0.316. The number of nitrogens with two attached hydrogens (primary N) is 1. The fourth-order valence-electron chi connectivity index (χ4n) is 1.68. The Morgan fingerprint density at radius 3 is 2.65 bits per heavy atom. The van der Waals surface area contributed by atoms with Crippen molar-refractivity contribution >= 4 is 15.7 Å². The van der Waals surface area contributed by atoms with Gasteiger partial charge in [-0.2, -0.15) is 0 Å². The highest BCUT2D eigenvalue weighted by Gasteiger charge is 2.21. The summed E-state index contributed by atoms with van der Waals surface area (Å²) < 4.78 is 39.3. The van der Waals surface area contributed by atoms with E-state index in [0.29, 0.717) is 12.5 Å². The van der Waals surface area contributed by atoms with Crippen LogP contribution < -0.4 is 10.5 Å². The molecule has 0 aliphatic heterocycles. The number of sulfonamides is 1. The van der Waals surface area contributed by atoms with Crippen molar-refractivity contribution in [2.24, 2.45) is 5.92 Å². The minimum Gasteiger partial charge on any atom is -0.396 e. The van der Waals surface area contributed by atoms with Crippen molar-refractivity contribution in [2.75, 3.05) is 12.3 Å². The molecule has 0 spiro atoms. The first-order valence-electron chi connectivity index (χ1n) is 5.54. The van der Waals surface area contributed by atoms with Gasteiger partial charge in [-0.25, -0.2) is 17.5 Å². The molecule has 1 aliphatic rings. The first kappa shape index (κ1) is 12.3. The normalized spacial score (nSPS) is 16.8. The fraction of sp³-hybridized carbons (Fsp3) is 0.455. The summed E-state index contributed by atoms with van der Waals surface area (Å²) in [7, 11) is -3.62. The van der Waals surface area contributed by atoms with Gasteiger partial charge in [-0.15, -0.1) is 0 Å². The molecule has 1 aromatic rings. The molecule has 0 heterocycles. The van der Waals surface area contributed by atoms with Crippen LogP contribution in [0.4, 0.5) is 10.1 Å². The molecule has 6 heteroatoms. The Hall–Kier alpha value is -1.14. The van der Waals surface area contributed by atoms with Gasteiger partial charge in [0.25, 0.3) is 0 Å². The molecular formula is C11H15FN2O2S. The zero-order valence-corrected chi connectivity index (χ0v) is 10.1. The van der Waals surface area contributed by atoms with Crippen molar-refractivity contribution in [1.82, 2.24) is 4.72 Å². The van der Waals surface area contributed by atoms with Crippen molar-refractivity contribution in [1.29, 1.82) is 0 Å². The van der Waals surface area contributed by atoms with Crippen molar-refractivity contribution in [2.45, 2.75) is 24.2 Å². The molecule has 0 radical (unpaired) electrons. The van der Waals surface area contributed by atoms with E-state index >= 15 is 0 Å². The van der Waals surface area contributed by atoms with Crippen LogP contribution in [0.1, 0.15) is 19.3 Å². The Balaban J connectivity index is 2.10. The Morgan fingerprint density at radius 2 is 2.12 bits per heavy atom. The van der Waals surface area contributed by atoms with Gasteiger partial charge in [0, 0.05) is 6.54 Å². The first-order chi connectivity index (χ1) is 7.99. The topological polar surface area (TPSA) is 72.2 Å². The van der Waals surface area contributed by atoms with E-state index < -0.39 is 15.8 Å². The third kappa shape index (κ3) is 2.76. The van der Waals surface area contributed by atoms with Gasteiger partial charge in [0.05, 0.1) is 10.6 Å². The lowest BCUT2D eigenvalue weighted by Crippen LogP contribution is -2.32. The number of hydrogen-bond acceptors (Lipinski definition) is 3. The highest BCUT2D eigenvalue weighted by Crippen LogP contribution is 2.26. The molecule has 1 fully saturated rings. The van der Waals surface area contributed by atoms with E-state index in [2.05, 4.69) is 4.72 Å². The molecule has 0 bridgehead atoms. The van der Waals surface area contributed by atoms with E-state index in [1.807, 2.05) is 0 Å². The molecule has 0 atom stereocenters. The number of hydrogen-bond donors (Lipinski definition) is 2. The molecule has 17 heavy (non-hydrogen) atoms. The highest BCUT2D eigenvalue weighted by atomic mass is 32.2. The second-order valence-corrected chi connectivity index (χ2v) is 6.10. The smallest absolute Gasteiger partial charge is 0.240 e. The molecule has 0 amide bonds. The average Bonchev–Trinajstić information content (AvgIpc) is 2.19. The summed E-state index contributed by atoms with van der Waals surface area (Å²) in [5.74, 6) is -0.292. The second kappa shape index (κ2) is 4.62. The maximum atomic E-state index is 13.2. The predicted molar refractivity (Wildman–Crippen MR) is 63.3 cm³/mol. The second-order valence-electron chi connectivity index (χ2n) is 4.33. The Bertz CT molecular complexity index is 512. The highest BCUT2D eigenvalue weighted by molar-refractivity contribution is 7.89. The van der Waals surface area contributed by atoms with Gasteiger partial charge in [-0.05, 0) is 37.0 Å². The summed E-state index contributed by atoms with van der Waals surface area (Å²) in [6, 6.07) is 3.51. The average molecular weight is 258 g/mol. The maximum absolute atomic E-state index is 13.2. The third-order valence-corrected chi connectivity index (χ3v) is 4.49. The molecule has 0 unspecified atom stereocenters. The summed E-state index contributed by atoms with van der Waals surface area (Å²) in [5, 5.41) is 0. The van der Waals surface area contributed by atoms with Crippen LogP contribution in [0.5, 0.6) is 0 Å². The van der Waals surface area contributed by atoms with E-state index in [4.69, 9.17) is 5.73 Å². The zero-order valence-electron chi connectivity index (χ0n) is 9.32. The molecule has 1 aliphatic carbocycles. The molecule has 94 valence electrons. The lowest BCUT2D eigenvalue weighted by atomic mass is 9.86. The Kier molecular flexibility index (Phi) is 3.35. The van der Waals surface area contributed by atoms with Crippen molar-refractivity contribution in [3.05, 3.63) is 24.0 Å². The van der Waals surface area contributed by atoms with E-state index in [1.165, 1.54) is 12.1 Å². The lowest BCUT2D eigenvalue weighted by Gasteiger charge is -2.25. The van der Waals surface area contributed by atoms with Gasteiger partial charge in [-0.3, -0.25) is 0 Å². The minimum absolute atomic E-state index is 0.0528. The Morgan fingerprint density at radius 1 is 1.41 bits per heavy atom. The largest absolute Gasteiger partial charge is 0.396 e. The zero-order chi connectivity index (χ0) is 12.5. The van der Waals surface area contributed by atoms with Crippen molar-refractivity contribution < 1.29 is 12.8 Å². The molecular weight excluding hydrogens is 243 g/mol. The molecule has 2 rings (SSSR count). The Labute approximate surface area is 100 Å². The number of benzene rings is 1.